The molecule has 7 nitrogen and oxygen atoms in total. The molecule has 0 radical (unpaired) electrons. The average Bonchev–Trinajstić information content (AvgIpc) is 3.16. The van der Waals surface area contributed by atoms with Gasteiger partial charge < -0.3 is 0 Å². The summed E-state index contributed by atoms with van der Waals surface area (Å²) in [5, 5.41) is 11.8. The minimum Gasteiger partial charge on any atom is -0.299 e. The molecule has 25 heavy (non-hydrogen) atoms. The van der Waals surface area contributed by atoms with Gasteiger partial charge in [0.1, 0.15) is 11.6 Å². The fraction of sp³-hybridized carbons (Fsp3) is 0.588. The molecule has 3 aliphatic carbocycles. The lowest BCUT2D eigenvalue weighted by molar-refractivity contribution is -0.142. The van der Waals surface area contributed by atoms with E-state index in [9.17, 15) is 14.4 Å². The average molecular weight is 360 g/mol. The van der Waals surface area contributed by atoms with Gasteiger partial charge in [0.25, 0.3) is 0 Å². The molecule has 0 spiro atoms. The van der Waals surface area contributed by atoms with Crippen molar-refractivity contribution in [2.24, 2.45) is 23.7 Å². The Morgan fingerprint density at radius 1 is 1.20 bits per heavy atom. The van der Waals surface area contributed by atoms with Gasteiger partial charge in [-0.15, -0.1) is 10.2 Å². The number of imide groups is 1. The quantitative estimate of drug-likeness (QED) is 0.653. The molecule has 1 N–H and O–H groups in total. The molecule has 1 saturated heterocycles. The van der Waals surface area contributed by atoms with Crippen LogP contribution in [0, 0.1) is 23.7 Å². The predicted molar refractivity (Wildman–Crippen MR) is 91.7 cm³/mol. The number of amides is 3. The number of aromatic nitrogens is 2. The second kappa shape index (κ2) is 6.01. The fourth-order valence-corrected chi connectivity index (χ4v) is 4.87. The Morgan fingerprint density at radius 3 is 2.28 bits per heavy atom. The first-order valence-corrected chi connectivity index (χ1v) is 9.44. The molecule has 0 unspecified atom stereocenters. The Balaban J connectivity index is 1.45. The largest absolute Gasteiger partial charge is 0.299 e. The highest BCUT2D eigenvalue weighted by atomic mass is 32.1. The summed E-state index contributed by atoms with van der Waals surface area (Å²) in [6, 6.07) is 0. The molecule has 1 aromatic rings. The molecule has 2 bridgehead atoms. The molecule has 4 atom stereocenters. The lowest BCUT2D eigenvalue weighted by Gasteiger charge is -2.38. The Morgan fingerprint density at radius 2 is 1.80 bits per heavy atom. The smallest absolute Gasteiger partial charge is 0.246 e. The van der Waals surface area contributed by atoms with Crippen molar-refractivity contribution < 1.29 is 14.4 Å². The number of anilines is 1. The van der Waals surface area contributed by atoms with E-state index < -0.39 is 5.91 Å². The van der Waals surface area contributed by atoms with Crippen molar-refractivity contribution in [3.8, 4) is 0 Å². The summed E-state index contributed by atoms with van der Waals surface area (Å²) in [5.41, 5.74) is 0. The second-order valence-electron chi connectivity index (χ2n) is 7.25. The van der Waals surface area contributed by atoms with E-state index in [0.717, 1.165) is 22.7 Å². The van der Waals surface area contributed by atoms with E-state index in [2.05, 4.69) is 27.7 Å². The molecule has 1 aromatic heterocycles. The van der Waals surface area contributed by atoms with Gasteiger partial charge in [-0.25, -0.2) is 0 Å². The Bertz CT molecular complexity index is 740. The van der Waals surface area contributed by atoms with Crippen molar-refractivity contribution in [1.82, 2.24) is 15.1 Å². The van der Waals surface area contributed by atoms with E-state index in [1.165, 1.54) is 11.3 Å². The molecular formula is C17H20N4O3S. The first kappa shape index (κ1) is 16.4. The van der Waals surface area contributed by atoms with Crippen LogP contribution in [-0.4, -0.2) is 39.4 Å². The van der Waals surface area contributed by atoms with Crippen LogP contribution in [0.25, 0.3) is 0 Å². The molecule has 4 aliphatic rings. The minimum atomic E-state index is -0.410. The van der Waals surface area contributed by atoms with Crippen LogP contribution in [0.5, 0.6) is 0 Å². The molecular weight excluding hydrogens is 340 g/mol. The zero-order chi connectivity index (χ0) is 17.7. The highest BCUT2D eigenvalue weighted by molar-refractivity contribution is 7.15. The number of rotatable bonds is 4. The predicted octanol–water partition coefficient (Wildman–Crippen LogP) is 1.80. The maximum absolute atomic E-state index is 12.7. The van der Waals surface area contributed by atoms with Crippen molar-refractivity contribution in [1.29, 1.82) is 0 Å². The van der Waals surface area contributed by atoms with E-state index >= 15 is 0 Å². The van der Waals surface area contributed by atoms with Crippen molar-refractivity contribution in [3.63, 3.8) is 0 Å². The Kier molecular flexibility index (Phi) is 3.94. The molecule has 132 valence electrons. The van der Waals surface area contributed by atoms with Gasteiger partial charge in [0.05, 0.1) is 11.8 Å². The summed E-state index contributed by atoms with van der Waals surface area (Å²) in [4.78, 5) is 38.8. The van der Waals surface area contributed by atoms with Crippen molar-refractivity contribution in [2.45, 2.75) is 32.6 Å². The van der Waals surface area contributed by atoms with Gasteiger partial charge in [-0.2, -0.15) is 0 Å². The number of hydrogen-bond acceptors (Lipinski definition) is 6. The summed E-state index contributed by atoms with van der Waals surface area (Å²) < 4.78 is 0. The molecule has 1 aliphatic heterocycles. The van der Waals surface area contributed by atoms with Crippen molar-refractivity contribution in [2.75, 3.05) is 11.9 Å². The van der Waals surface area contributed by atoms with Gasteiger partial charge in [0.2, 0.25) is 22.9 Å². The number of fused-ring (bicyclic) bond motifs is 1. The minimum absolute atomic E-state index is 0.135. The zero-order valence-electron chi connectivity index (χ0n) is 14.1. The SMILES string of the molecule is CC(C)c1nnc(NC(=O)CN2C(=O)[C@@H]3[C@@H](C2=O)[C@H]2C=C[C@H]3CC2)s1. The van der Waals surface area contributed by atoms with E-state index in [4.69, 9.17) is 0 Å². The van der Waals surface area contributed by atoms with Crippen LogP contribution in [0.4, 0.5) is 5.13 Å². The summed E-state index contributed by atoms with van der Waals surface area (Å²) >= 11 is 1.31. The first-order valence-electron chi connectivity index (χ1n) is 8.62. The molecule has 2 heterocycles. The number of hydrogen-bond donors (Lipinski definition) is 1. The maximum atomic E-state index is 12.7. The maximum Gasteiger partial charge on any atom is 0.246 e. The number of likely N-dealkylation sites (tertiary alicyclic amines) is 1. The van der Waals surface area contributed by atoms with Crippen LogP contribution >= 0.6 is 11.3 Å². The third kappa shape index (κ3) is 2.68. The highest BCUT2D eigenvalue weighted by Crippen LogP contribution is 2.49. The molecule has 5 rings (SSSR count). The van der Waals surface area contributed by atoms with Crippen molar-refractivity contribution in [3.05, 3.63) is 17.2 Å². The van der Waals surface area contributed by atoms with Gasteiger partial charge in [0.15, 0.2) is 0 Å². The Labute approximate surface area is 149 Å². The summed E-state index contributed by atoms with van der Waals surface area (Å²) in [6.45, 7) is 3.75. The number of nitrogens with zero attached hydrogens (tertiary/aromatic N) is 3. The van der Waals surface area contributed by atoms with Gasteiger partial charge in [-0.1, -0.05) is 37.3 Å². The molecule has 1 saturated carbocycles. The standard InChI is InChI=1S/C17H20N4O3S/c1-8(2)14-19-20-17(25-14)18-11(22)7-21-15(23)12-9-3-4-10(6-5-9)13(12)16(21)24/h3-4,8-10,12-13H,5-7H2,1-2H3,(H,18,20,22)/t9-,10-,12-,13-/m0/s1. The van der Waals surface area contributed by atoms with E-state index in [0.29, 0.717) is 5.13 Å². The van der Waals surface area contributed by atoms with Crippen LogP contribution in [0.1, 0.15) is 37.6 Å². The number of carbonyl (C=O) groups excluding carboxylic acids is 3. The zero-order valence-corrected chi connectivity index (χ0v) is 15.0. The van der Waals surface area contributed by atoms with Gasteiger partial charge >= 0.3 is 0 Å². The van der Waals surface area contributed by atoms with Gasteiger partial charge in [-0.05, 0) is 24.7 Å². The van der Waals surface area contributed by atoms with Crippen LogP contribution in [0.2, 0.25) is 0 Å². The molecule has 8 heteroatoms. The normalized spacial score (nSPS) is 30.3. The van der Waals surface area contributed by atoms with Gasteiger partial charge in [-0.3, -0.25) is 24.6 Å². The fourth-order valence-electron chi connectivity index (χ4n) is 4.11. The van der Waals surface area contributed by atoms with E-state index in [1.807, 2.05) is 13.8 Å². The van der Waals surface area contributed by atoms with Gasteiger partial charge in [0, 0.05) is 5.92 Å². The van der Waals surface area contributed by atoms with E-state index in [1.54, 1.807) is 0 Å². The summed E-state index contributed by atoms with van der Waals surface area (Å²) in [5.74, 6) is -0.874. The first-order chi connectivity index (χ1) is 12.0. The lowest BCUT2D eigenvalue weighted by Crippen LogP contribution is -2.38. The summed E-state index contributed by atoms with van der Waals surface area (Å²) in [6.07, 6.45) is 6.03. The number of carbonyl (C=O) groups is 3. The lowest BCUT2D eigenvalue weighted by atomic mass is 9.63. The third-order valence-electron chi connectivity index (χ3n) is 5.33. The van der Waals surface area contributed by atoms with Crippen LogP contribution in [-0.2, 0) is 14.4 Å². The number of allylic oxidation sites excluding steroid dienone is 2. The molecule has 2 fully saturated rings. The third-order valence-corrected chi connectivity index (χ3v) is 6.47. The van der Waals surface area contributed by atoms with Crippen molar-refractivity contribution >= 4 is 34.2 Å². The second-order valence-corrected chi connectivity index (χ2v) is 8.26. The van der Waals surface area contributed by atoms with E-state index in [-0.39, 0.29) is 47.9 Å². The number of nitrogens with one attached hydrogen (secondary N) is 1. The Hall–Kier alpha value is -2.09. The topological polar surface area (TPSA) is 92.3 Å². The van der Waals surface area contributed by atoms with Crippen LogP contribution in [0.3, 0.4) is 0 Å². The molecule has 0 aromatic carbocycles. The van der Waals surface area contributed by atoms with Crippen LogP contribution < -0.4 is 5.32 Å². The monoisotopic (exact) mass is 360 g/mol. The van der Waals surface area contributed by atoms with Crippen LogP contribution in [0.15, 0.2) is 12.2 Å². The summed E-state index contributed by atoms with van der Waals surface area (Å²) in [7, 11) is 0. The molecule has 3 amide bonds. The highest BCUT2D eigenvalue weighted by Gasteiger charge is 2.56.